The van der Waals surface area contributed by atoms with Crippen molar-refractivity contribution in [2.45, 2.75) is 69.7 Å². The highest BCUT2D eigenvalue weighted by molar-refractivity contribution is 5.71. The lowest BCUT2D eigenvalue weighted by molar-refractivity contribution is -0.150. The summed E-state index contributed by atoms with van der Waals surface area (Å²) in [7, 11) is 0. The fraction of sp³-hybridized carbons (Fsp3) is 0.562. The average Bonchev–Trinajstić information content (AvgIpc) is 3.52. The largest absolute Gasteiger partial charge is 0.481 e. The number of piperidine rings is 1. The van der Waals surface area contributed by atoms with Crippen LogP contribution < -0.4 is 0 Å². The van der Waals surface area contributed by atoms with E-state index in [0.717, 1.165) is 82.5 Å². The number of carboxylic acid groups (broad SMARTS) is 1. The molecule has 2 saturated heterocycles. The van der Waals surface area contributed by atoms with Crippen LogP contribution in [-0.2, 0) is 11.2 Å². The predicted octanol–water partition coefficient (Wildman–Crippen LogP) is 5.57. The fourth-order valence-corrected chi connectivity index (χ4v) is 7.62. The van der Waals surface area contributed by atoms with E-state index in [4.69, 9.17) is 0 Å². The molecule has 0 spiro atoms. The number of aromatic nitrogens is 2. The molecule has 6 nitrogen and oxygen atoms in total. The predicted molar refractivity (Wildman–Crippen MR) is 151 cm³/mol. The van der Waals surface area contributed by atoms with Crippen LogP contribution in [0.4, 0.5) is 4.39 Å². The van der Waals surface area contributed by atoms with Gasteiger partial charge in [-0.25, -0.2) is 9.37 Å². The van der Waals surface area contributed by atoms with E-state index in [1.807, 2.05) is 13.0 Å². The van der Waals surface area contributed by atoms with Gasteiger partial charge in [-0.15, -0.1) is 0 Å². The van der Waals surface area contributed by atoms with Gasteiger partial charge in [0.15, 0.2) is 0 Å². The maximum absolute atomic E-state index is 14.3. The monoisotopic (exact) mass is 532 g/mol. The fourth-order valence-electron chi connectivity index (χ4n) is 7.62. The van der Waals surface area contributed by atoms with Crippen LogP contribution in [-0.4, -0.2) is 68.5 Å². The normalized spacial score (nSPS) is 25.1. The summed E-state index contributed by atoms with van der Waals surface area (Å²) in [6.45, 7) is 8.79. The van der Waals surface area contributed by atoms with E-state index in [2.05, 4.69) is 56.7 Å². The van der Waals surface area contributed by atoms with Crippen LogP contribution in [0.1, 0.15) is 74.6 Å². The molecular weight excluding hydrogens is 491 g/mol. The minimum absolute atomic E-state index is 0.193. The molecule has 0 bridgehead atoms. The molecule has 3 fully saturated rings. The lowest BCUT2D eigenvalue weighted by atomic mass is 9.67. The van der Waals surface area contributed by atoms with Crippen molar-refractivity contribution in [3.63, 3.8) is 0 Å². The van der Waals surface area contributed by atoms with Crippen molar-refractivity contribution >= 4 is 11.6 Å². The van der Waals surface area contributed by atoms with Gasteiger partial charge in [-0.1, -0.05) is 32.0 Å². The number of hydrogen-bond acceptors (Lipinski definition) is 4. The van der Waals surface area contributed by atoms with Gasteiger partial charge in [-0.2, -0.15) is 0 Å². The summed E-state index contributed by atoms with van der Waals surface area (Å²) < 4.78 is 16.6. The number of hydrogen-bond donors (Lipinski definition) is 1. The first-order valence-electron chi connectivity index (χ1n) is 14.8. The zero-order valence-electron chi connectivity index (χ0n) is 23.2. The number of rotatable bonds is 8. The number of likely N-dealkylation sites (tertiary alicyclic amines) is 2. The van der Waals surface area contributed by atoms with Crippen LogP contribution in [0, 0.1) is 17.7 Å². The van der Waals surface area contributed by atoms with Gasteiger partial charge in [0.25, 0.3) is 0 Å². The number of pyridine rings is 1. The summed E-state index contributed by atoms with van der Waals surface area (Å²) in [5.41, 5.74) is 4.45. The van der Waals surface area contributed by atoms with E-state index in [9.17, 15) is 14.3 Å². The zero-order valence-corrected chi connectivity index (χ0v) is 23.2. The van der Waals surface area contributed by atoms with Crippen LogP contribution in [0.5, 0.6) is 0 Å². The molecule has 208 valence electrons. The Morgan fingerprint density at radius 2 is 1.97 bits per heavy atom. The number of aliphatic carboxylic acids is 1. The molecule has 0 radical (unpaired) electrons. The van der Waals surface area contributed by atoms with E-state index in [-0.39, 0.29) is 17.3 Å². The van der Waals surface area contributed by atoms with Crippen molar-refractivity contribution in [2.75, 3.05) is 32.7 Å². The Kier molecular flexibility index (Phi) is 7.23. The standard InChI is InChI=1S/C32H41FN4O2/c1-3-23-8-9-30-34-17-29(37(30)18-23)24-10-14-35(15-11-24)19-26-20-36(32(12-5-13-32)22(2)31(38)39)21-28(26)25-6-4-7-27(33)16-25/h4,6-9,16-18,22,24,26,28H,3,5,10-15,19-21H2,1-2H3,(H,38,39). The van der Waals surface area contributed by atoms with E-state index in [1.165, 1.54) is 17.3 Å². The molecule has 2 aromatic heterocycles. The summed E-state index contributed by atoms with van der Waals surface area (Å²) in [4.78, 5) is 21.8. The number of carboxylic acids is 1. The SMILES string of the molecule is CCc1ccc2ncc(C3CCN(CC4CN(C5(C(C)C(=O)O)CCC5)CC4c4cccc(F)c4)CC3)n2c1. The van der Waals surface area contributed by atoms with Gasteiger partial charge in [0, 0.05) is 55.1 Å². The average molecular weight is 533 g/mol. The highest BCUT2D eigenvalue weighted by Gasteiger charge is 2.53. The van der Waals surface area contributed by atoms with E-state index in [1.54, 1.807) is 6.07 Å². The van der Waals surface area contributed by atoms with Crippen LogP contribution in [0.25, 0.3) is 5.65 Å². The molecule has 1 N–H and O–H groups in total. The third kappa shape index (κ3) is 4.89. The second-order valence-electron chi connectivity index (χ2n) is 12.2. The third-order valence-electron chi connectivity index (χ3n) is 10.2. The van der Waals surface area contributed by atoms with Gasteiger partial charge in [0.2, 0.25) is 0 Å². The smallest absolute Gasteiger partial charge is 0.308 e. The molecule has 3 unspecified atom stereocenters. The summed E-state index contributed by atoms with van der Waals surface area (Å²) >= 11 is 0. The number of aryl methyl sites for hydroxylation is 1. The number of imidazole rings is 1. The zero-order chi connectivity index (χ0) is 27.1. The molecule has 1 aromatic carbocycles. The van der Waals surface area contributed by atoms with Gasteiger partial charge in [-0.05, 0) is 86.9 Å². The first-order chi connectivity index (χ1) is 18.9. The minimum atomic E-state index is -0.707. The number of fused-ring (bicyclic) bond motifs is 1. The molecule has 1 aliphatic carbocycles. The quantitative estimate of drug-likeness (QED) is 0.411. The maximum atomic E-state index is 14.3. The first-order valence-corrected chi connectivity index (χ1v) is 14.8. The first kappa shape index (κ1) is 26.5. The molecule has 2 aliphatic heterocycles. The molecular formula is C32H41FN4O2. The van der Waals surface area contributed by atoms with Crippen LogP contribution in [0.2, 0.25) is 0 Å². The molecule has 3 aliphatic rings. The lowest BCUT2D eigenvalue weighted by Gasteiger charge is -2.51. The highest BCUT2D eigenvalue weighted by atomic mass is 19.1. The second-order valence-corrected chi connectivity index (χ2v) is 12.2. The van der Waals surface area contributed by atoms with Gasteiger partial charge in [0.05, 0.1) is 5.92 Å². The van der Waals surface area contributed by atoms with Crippen molar-refractivity contribution in [3.8, 4) is 0 Å². The molecule has 1 saturated carbocycles. The van der Waals surface area contributed by atoms with Crippen LogP contribution >= 0.6 is 0 Å². The highest BCUT2D eigenvalue weighted by Crippen LogP contribution is 2.49. The van der Waals surface area contributed by atoms with E-state index < -0.39 is 11.9 Å². The molecule has 0 amide bonds. The number of halogens is 1. The Morgan fingerprint density at radius 1 is 1.18 bits per heavy atom. The van der Waals surface area contributed by atoms with E-state index >= 15 is 0 Å². The van der Waals surface area contributed by atoms with Crippen molar-refractivity contribution in [3.05, 3.63) is 71.4 Å². The number of benzene rings is 1. The van der Waals surface area contributed by atoms with Crippen molar-refractivity contribution in [1.29, 1.82) is 0 Å². The number of nitrogens with zero attached hydrogens (tertiary/aromatic N) is 4. The van der Waals surface area contributed by atoms with Gasteiger partial charge < -0.3 is 14.4 Å². The second kappa shape index (κ2) is 10.7. The van der Waals surface area contributed by atoms with Crippen LogP contribution in [0.3, 0.4) is 0 Å². The Morgan fingerprint density at radius 3 is 2.64 bits per heavy atom. The lowest BCUT2D eigenvalue weighted by Crippen LogP contribution is -2.59. The summed E-state index contributed by atoms with van der Waals surface area (Å²) in [6, 6.07) is 11.4. The van der Waals surface area contributed by atoms with Crippen molar-refractivity contribution in [1.82, 2.24) is 19.2 Å². The Hall–Kier alpha value is -2.77. The number of carbonyl (C=O) groups is 1. The minimum Gasteiger partial charge on any atom is -0.481 e. The molecule has 6 rings (SSSR count). The van der Waals surface area contributed by atoms with Gasteiger partial charge >= 0.3 is 5.97 Å². The topological polar surface area (TPSA) is 61.1 Å². The molecule has 3 aromatic rings. The van der Waals surface area contributed by atoms with Gasteiger partial charge in [0.1, 0.15) is 11.5 Å². The van der Waals surface area contributed by atoms with E-state index in [0.29, 0.717) is 11.8 Å². The Bertz CT molecular complexity index is 1330. The molecule has 39 heavy (non-hydrogen) atoms. The van der Waals surface area contributed by atoms with Crippen molar-refractivity contribution in [2.24, 2.45) is 11.8 Å². The van der Waals surface area contributed by atoms with Crippen LogP contribution in [0.15, 0.2) is 48.8 Å². The van der Waals surface area contributed by atoms with Gasteiger partial charge in [-0.3, -0.25) is 9.69 Å². The summed E-state index contributed by atoms with van der Waals surface area (Å²) in [6.07, 6.45) is 10.5. The third-order valence-corrected chi connectivity index (χ3v) is 10.2. The van der Waals surface area contributed by atoms with Crippen molar-refractivity contribution < 1.29 is 14.3 Å². The molecule has 3 atom stereocenters. The molecule has 4 heterocycles. The summed E-state index contributed by atoms with van der Waals surface area (Å²) in [5, 5.41) is 9.90. The summed E-state index contributed by atoms with van der Waals surface area (Å²) in [5.74, 6) is -0.236. The Labute approximate surface area is 230 Å². The maximum Gasteiger partial charge on any atom is 0.308 e. The Balaban J connectivity index is 1.18. The molecule has 7 heteroatoms.